The molecule has 0 amide bonds. The first kappa shape index (κ1) is 14.1. The second kappa shape index (κ2) is 6.70. The molecule has 2 aliphatic rings. The van der Waals surface area contributed by atoms with Crippen LogP contribution >= 0.6 is 0 Å². The van der Waals surface area contributed by atoms with Crippen LogP contribution in [0.2, 0.25) is 0 Å². The fraction of sp³-hybridized carbons (Fsp3) is 0.647. The summed E-state index contributed by atoms with van der Waals surface area (Å²) in [5, 5.41) is 17.0. The van der Waals surface area contributed by atoms with Crippen molar-refractivity contribution in [2.24, 2.45) is 5.92 Å². The van der Waals surface area contributed by atoms with Crippen LogP contribution < -0.4 is 10.6 Å². The SMILES string of the molecule is OC1CCCC(CNC2CCNCc3ccccc32)C1. The van der Waals surface area contributed by atoms with Crippen LogP contribution in [0.15, 0.2) is 24.3 Å². The van der Waals surface area contributed by atoms with Gasteiger partial charge in [-0.05, 0) is 55.8 Å². The molecule has 110 valence electrons. The van der Waals surface area contributed by atoms with Crippen molar-refractivity contribution in [2.45, 2.75) is 50.8 Å². The van der Waals surface area contributed by atoms with E-state index in [4.69, 9.17) is 0 Å². The van der Waals surface area contributed by atoms with Crippen molar-refractivity contribution < 1.29 is 5.11 Å². The lowest BCUT2D eigenvalue weighted by Crippen LogP contribution is -2.32. The summed E-state index contributed by atoms with van der Waals surface area (Å²) in [6.07, 6.45) is 5.48. The Morgan fingerprint density at radius 2 is 2.10 bits per heavy atom. The Bertz CT molecular complexity index is 435. The average Bonchev–Trinajstić information content (AvgIpc) is 2.67. The van der Waals surface area contributed by atoms with Gasteiger partial charge in [-0.3, -0.25) is 0 Å². The second-order valence-electron chi connectivity index (χ2n) is 6.31. The number of hydrogen-bond acceptors (Lipinski definition) is 3. The van der Waals surface area contributed by atoms with Gasteiger partial charge < -0.3 is 15.7 Å². The van der Waals surface area contributed by atoms with Crippen molar-refractivity contribution in [2.75, 3.05) is 13.1 Å². The van der Waals surface area contributed by atoms with Crippen molar-refractivity contribution in [3.8, 4) is 0 Å². The van der Waals surface area contributed by atoms with Crippen molar-refractivity contribution in [3.05, 3.63) is 35.4 Å². The van der Waals surface area contributed by atoms with Gasteiger partial charge in [-0.15, -0.1) is 0 Å². The van der Waals surface area contributed by atoms with Crippen LogP contribution in [0.4, 0.5) is 0 Å². The summed E-state index contributed by atoms with van der Waals surface area (Å²) in [7, 11) is 0. The zero-order valence-electron chi connectivity index (χ0n) is 12.1. The standard InChI is InChI=1S/C17H26N2O/c20-15-6-3-4-13(10-15)11-19-17-8-9-18-12-14-5-1-2-7-16(14)17/h1-2,5,7,13,15,17-20H,3-4,6,8-12H2. The van der Waals surface area contributed by atoms with Crippen LogP contribution in [0.5, 0.6) is 0 Å². The van der Waals surface area contributed by atoms with Crippen LogP contribution in [0.3, 0.4) is 0 Å². The first-order chi connectivity index (χ1) is 9.83. The van der Waals surface area contributed by atoms with Crippen molar-refractivity contribution >= 4 is 0 Å². The molecule has 0 saturated heterocycles. The topological polar surface area (TPSA) is 44.3 Å². The van der Waals surface area contributed by atoms with E-state index in [2.05, 4.69) is 34.9 Å². The second-order valence-corrected chi connectivity index (χ2v) is 6.31. The molecule has 0 spiro atoms. The molecular formula is C17H26N2O. The molecule has 3 N–H and O–H groups in total. The zero-order valence-corrected chi connectivity index (χ0v) is 12.1. The average molecular weight is 274 g/mol. The summed E-state index contributed by atoms with van der Waals surface area (Å²) in [6.45, 7) is 3.09. The van der Waals surface area contributed by atoms with Crippen LogP contribution in [-0.4, -0.2) is 24.3 Å². The molecule has 3 atom stereocenters. The van der Waals surface area contributed by atoms with Crippen LogP contribution in [0.1, 0.15) is 49.3 Å². The lowest BCUT2D eigenvalue weighted by molar-refractivity contribution is 0.0995. The van der Waals surface area contributed by atoms with E-state index in [0.29, 0.717) is 12.0 Å². The van der Waals surface area contributed by atoms with E-state index in [1.807, 2.05) is 0 Å². The fourth-order valence-electron chi connectivity index (χ4n) is 3.63. The monoisotopic (exact) mass is 274 g/mol. The van der Waals surface area contributed by atoms with Gasteiger partial charge in [0.1, 0.15) is 0 Å². The summed E-state index contributed by atoms with van der Waals surface area (Å²) in [5.74, 6) is 0.641. The van der Waals surface area contributed by atoms with E-state index < -0.39 is 0 Å². The molecule has 20 heavy (non-hydrogen) atoms. The molecule has 0 bridgehead atoms. The molecule has 3 heteroatoms. The molecule has 0 aromatic heterocycles. The fourth-order valence-corrected chi connectivity index (χ4v) is 3.63. The van der Waals surface area contributed by atoms with Crippen LogP contribution in [0.25, 0.3) is 0 Å². The number of aliphatic hydroxyl groups excluding tert-OH is 1. The Morgan fingerprint density at radius 1 is 1.20 bits per heavy atom. The molecule has 3 nitrogen and oxygen atoms in total. The van der Waals surface area contributed by atoms with Crippen LogP contribution in [0, 0.1) is 5.92 Å². The molecule has 1 aromatic carbocycles. The lowest BCUT2D eigenvalue weighted by Gasteiger charge is -2.28. The number of aliphatic hydroxyl groups is 1. The van der Waals surface area contributed by atoms with E-state index >= 15 is 0 Å². The lowest BCUT2D eigenvalue weighted by atomic mass is 9.87. The van der Waals surface area contributed by atoms with E-state index in [-0.39, 0.29) is 6.10 Å². The summed E-state index contributed by atoms with van der Waals surface area (Å²) in [5.41, 5.74) is 2.88. The highest BCUT2D eigenvalue weighted by Gasteiger charge is 2.22. The largest absolute Gasteiger partial charge is 0.393 e. The normalized spacial score (nSPS) is 30.6. The summed E-state index contributed by atoms with van der Waals surface area (Å²) in [4.78, 5) is 0. The molecule has 1 heterocycles. The smallest absolute Gasteiger partial charge is 0.0543 e. The first-order valence-corrected chi connectivity index (χ1v) is 8.03. The van der Waals surface area contributed by atoms with E-state index in [9.17, 15) is 5.11 Å². The van der Waals surface area contributed by atoms with E-state index in [1.54, 1.807) is 0 Å². The highest BCUT2D eigenvalue weighted by Crippen LogP contribution is 2.27. The Hall–Kier alpha value is -0.900. The molecule has 1 fully saturated rings. The molecule has 0 radical (unpaired) electrons. The minimum absolute atomic E-state index is 0.0707. The van der Waals surface area contributed by atoms with E-state index in [0.717, 1.165) is 38.9 Å². The molecule has 1 saturated carbocycles. The van der Waals surface area contributed by atoms with Gasteiger partial charge in [-0.25, -0.2) is 0 Å². The quantitative estimate of drug-likeness (QED) is 0.793. The predicted molar refractivity (Wildman–Crippen MR) is 81.5 cm³/mol. The minimum atomic E-state index is -0.0707. The van der Waals surface area contributed by atoms with Gasteiger partial charge in [0, 0.05) is 12.6 Å². The Labute approximate surface area is 121 Å². The van der Waals surface area contributed by atoms with E-state index in [1.165, 1.54) is 24.0 Å². The van der Waals surface area contributed by atoms with Gasteiger partial charge in [0.05, 0.1) is 6.10 Å². The molecule has 1 aliphatic heterocycles. The molecular weight excluding hydrogens is 248 g/mol. The summed E-state index contributed by atoms with van der Waals surface area (Å²) >= 11 is 0. The van der Waals surface area contributed by atoms with Gasteiger partial charge in [0.15, 0.2) is 0 Å². The highest BCUT2D eigenvalue weighted by atomic mass is 16.3. The number of fused-ring (bicyclic) bond motifs is 1. The number of hydrogen-bond donors (Lipinski definition) is 3. The number of benzene rings is 1. The van der Waals surface area contributed by atoms with Crippen LogP contribution in [-0.2, 0) is 6.54 Å². The predicted octanol–water partition coefficient (Wildman–Crippen LogP) is 2.36. The third kappa shape index (κ3) is 3.40. The van der Waals surface area contributed by atoms with Gasteiger partial charge in [-0.1, -0.05) is 30.7 Å². The van der Waals surface area contributed by atoms with Crippen molar-refractivity contribution in [3.63, 3.8) is 0 Å². The van der Waals surface area contributed by atoms with Gasteiger partial charge in [0.2, 0.25) is 0 Å². The number of rotatable bonds is 3. The molecule has 1 aliphatic carbocycles. The van der Waals surface area contributed by atoms with Gasteiger partial charge in [0.25, 0.3) is 0 Å². The molecule has 3 unspecified atom stereocenters. The highest BCUT2D eigenvalue weighted by molar-refractivity contribution is 5.31. The molecule has 1 aromatic rings. The summed E-state index contributed by atoms with van der Waals surface area (Å²) < 4.78 is 0. The minimum Gasteiger partial charge on any atom is -0.393 e. The van der Waals surface area contributed by atoms with Gasteiger partial charge in [-0.2, -0.15) is 0 Å². The zero-order chi connectivity index (χ0) is 13.8. The third-order valence-electron chi connectivity index (χ3n) is 4.76. The van der Waals surface area contributed by atoms with Crippen molar-refractivity contribution in [1.29, 1.82) is 0 Å². The maximum atomic E-state index is 9.78. The maximum absolute atomic E-state index is 9.78. The first-order valence-electron chi connectivity index (χ1n) is 8.03. The molecule has 3 rings (SSSR count). The Kier molecular flexibility index (Phi) is 4.71. The van der Waals surface area contributed by atoms with Gasteiger partial charge >= 0.3 is 0 Å². The van der Waals surface area contributed by atoms with Crippen molar-refractivity contribution in [1.82, 2.24) is 10.6 Å². The summed E-state index contributed by atoms with van der Waals surface area (Å²) in [6, 6.07) is 9.21. The third-order valence-corrected chi connectivity index (χ3v) is 4.76. The number of nitrogens with one attached hydrogen (secondary N) is 2. The Balaban J connectivity index is 1.62. The Morgan fingerprint density at radius 3 is 3.00 bits per heavy atom. The maximum Gasteiger partial charge on any atom is 0.0543 e.